The Balaban J connectivity index is 1.29. The second kappa shape index (κ2) is 8.01. The van der Waals surface area contributed by atoms with Crippen LogP contribution in [0.1, 0.15) is 18.4 Å². The van der Waals surface area contributed by atoms with E-state index in [1.807, 2.05) is 36.4 Å². The third-order valence-electron chi connectivity index (χ3n) is 5.60. The summed E-state index contributed by atoms with van der Waals surface area (Å²) in [7, 11) is 1.70. The molecule has 0 N–H and O–H groups in total. The number of benzene rings is 2. The van der Waals surface area contributed by atoms with Crippen LogP contribution >= 0.6 is 0 Å². The molecule has 1 aromatic heterocycles. The van der Waals surface area contributed by atoms with Crippen molar-refractivity contribution in [1.29, 1.82) is 0 Å². The van der Waals surface area contributed by atoms with E-state index in [9.17, 15) is 4.79 Å². The van der Waals surface area contributed by atoms with Crippen molar-refractivity contribution in [3.05, 3.63) is 64.6 Å². The Morgan fingerprint density at radius 1 is 1.04 bits per heavy atom. The molecule has 142 valence electrons. The zero-order valence-corrected chi connectivity index (χ0v) is 15.8. The van der Waals surface area contributed by atoms with Crippen molar-refractivity contribution in [3.63, 3.8) is 0 Å². The lowest BCUT2D eigenvalue weighted by molar-refractivity contribution is 0.178. The van der Waals surface area contributed by atoms with Crippen molar-refractivity contribution in [2.24, 2.45) is 5.92 Å². The van der Waals surface area contributed by atoms with Crippen LogP contribution in [0.25, 0.3) is 11.1 Å². The Hall–Kier alpha value is -2.53. The minimum Gasteiger partial charge on any atom is -0.497 e. The summed E-state index contributed by atoms with van der Waals surface area (Å²) >= 11 is 0. The summed E-state index contributed by atoms with van der Waals surface area (Å²) in [4.78, 5) is 14.5. The molecule has 0 unspecified atom stereocenters. The van der Waals surface area contributed by atoms with Gasteiger partial charge in [-0.2, -0.15) is 0 Å². The van der Waals surface area contributed by atoms with Gasteiger partial charge in [0.05, 0.1) is 12.6 Å². The first-order valence-corrected chi connectivity index (χ1v) is 9.66. The first-order chi connectivity index (χ1) is 13.2. The zero-order chi connectivity index (χ0) is 18.6. The predicted molar refractivity (Wildman–Crippen MR) is 106 cm³/mol. The van der Waals surface area contributed by atoms with Crippen molar-refractivity contribution in [3.8, 4) is 5.75 Å². The molecule has 27 heavy (non-hydrogen) atoms. The number of hydrogen-bond donors (Lipinski definition) is 0. The predicted octanol–water partition coefficient (Wildman–Crippen LogP) is 3.56. The number of rotatable bonds is 6. The molecule has 4 rings (SSSR count). The standard InChI is InChI=1S/C22H26N2O3/c1-26-19-8-6-17(7-9-19)16-18-10-12-23(13-11-18)14-15-24-20-4-2-3-5-21(20)27-22(24)25/h2-9,18H,10-16H2,1H3. The third-order valence-corrected chi connectivity index (χ3v) is 5.60. The van der Waals surface area contributed by atoms with Crippen LogP contribution in [0.4, 0.5) is 0 Å². The van der Waals surface area contributed by atoms with Gasteiger partial charge in [0.1, 0.15) is 5.75 Å². The maximum Gasteiger partial charge on any atom is 0.419 e. The van der Waals surface area contributed by atoms with Crippen molar-refractivity contribution < 1.29 is 9.15 Å². The molecule has 1 fully saturated rings. The molecule has 0 saturated carbocycles. The highest BCUT2D eigenvalue weighted by molar-refractivity contribution is 5.72. The first kappa shape index (κ1) is 17.9. The number of methoxy groups -OCH3 is 1. The Morgan fingerprint density at radius 2 is 1.78 bits per heavy atom. The average Bonchev–Trinajstić information content (AvgIpc) is 3.03. The van der Waals surface area contributed by atoms with Crippen LogP contribution < -0.4 is 10.5 Å². The molecule has 1 aliphatic heterocycles. The average molecular weight is 366 g/mol. The van der Waals surface area contributed by atoms with Gasteiger partial charge in [-0.15, -0.1) is 0 Å². The summed E-state index contributed by atoms with van der Waals surface area (Å²) in [5.41, 5.74) is 2.93. The molecule has 0 bridgehead atoms. The van der Waals surface area contributed by atoms with E-state index in [0.29, 0.717) is 12.1 Å². The zero-order valence-electron chi connectivity index (χ0n) is 15.8. The number of oxazole rings is 1. The van der Waals surface area contributed by atoms with Crippen molar-refractivity contribution >= 4 is 11.1 Å². The molecule has 0 atom stereocenters. The molecule has 2 heterocycles. The van der Waals surface area contributed by atoms with Crippen LogP contribution in [-0.2, 0) is 13.0 Å². The fourth-order valence-corrected chi connectivity index (χ4v) is 3.98. The monoisotopic (exact) mass is 366 g/mol. The van der Waals surface area contributed by atoms with Crippen molar-refractivity contribution in [2.45, 2.75) is 25.8 Å². The molecule has 0 amide bonds. The van der Waals surface area contributed by atoms with Gasteiger partial charge < -0.3 is 14.1 Å². The lowest BCUT2D eigenvalue weighted by atomic mass is 9.90. The highest BCUT2D eigenvalue weighted by atomic mass is 16.5. The molecule has 0 radical (unpaired) electrons. The Bertz CT molecular complexity index is 934. The van der Waals surface area contributed by atoms with Gasteiger partial charge in [-0.05, 0) is 68.1 Å². The van der Waals surface area contributed by atoms with Gasteiger partial charge in [-0.25, -0.2) is 4.79 Å². The van der Waals surface area contributed by atoms with E-state index in [4.69, 9.17) is 9.15 Å². The van der Waals surface area contributed by atoms with E-state index < -0.39 is 0 Å². The fraction of sp³-hybridized carbons (Fsp3) is 0.409. The molecular formula is C22H26N2O3. The summed E-state index contributed by atoms with van der Waals surface area (Å²) in [6.07, 6.45) is 3.53. The molecule has 0 spiro atoms. The largest absolute Gasteiger partial charge is 0.497 e. The first-order valence-electron chi connectivity index (χ1n) is 9.66. The van der Waals surface area contributed by atoms with Gasteiger partial charge in [0, 0.05) is 13.1 Å². The molecule has 5 nitrogen and oxygen atoms in total. The number of hydrogen-bond acceptors (Lipinski definition) is 4. The minimum atomic E-state index is -0.259. The summed E-state index contributed by atoms with van der Waals surface area (Å²) < 4.78 is 12.3. The second-order valence-corrected chi connectivity index (χ2v) is 7.32. The van der Waals surface area contributed by atoms with Crippen LogP contribution in [0.5, 0.6) is 5.75 Å². The summed E-state index contributed by atoms with van der Waals surface area (Å²) in [5.74, 6) is 1.38. The van der Waals surface area contributed by atoms with Crippen LogP contribution in [0.3, 0.4) is 0 Å². The molecule has 5 heteroatoms. The van der Waals surface area contributed by atoms with Gasteiger partial charge in [0.2, 0.25) is 0 Å². The highest BCUT2D eigenvalue weighted by Crippen LogP contribution is 2.23. The van der Waals surface area contributed by atoms with E-state index in [0.717, 1.165) is 43.2 Å². The Kier molecular flexibility index (Phi) is 5.30. The fourth-order valence-electron chi connectivity index (χ4n) is 3.98. The molecule has 1 saturated heterocycles. The van der Waals surface area contributed by atoms with Crippen LogP contribution in [0.15, 0.2) is 57.7 Å². The quantitative estimate of drug-likeness (QED) is 0.669. The summed E-state index contributed by atoms with van der Waals surface area (Å²) in [5, 5.41) is 0. The number of nitrogens with zero attached hydrogens (tertiary/aromatic N) is 2. The van der Waals surface area contributed by atoms with Gasteiger partial charge in [0.25, 0.3) is 0 Å². The van der Waals surface area contributed by atoms with Gasteiger partial charge in [-0.3, -0.25) is 4.57 Å². The van der Waals surface area contributed by atoms with E-state index >= 15 is 0 Å². The SMILES string of the molecule is COc1ccc(CC2CCN(CCn3c(=O)oc4ccccc43)CC2)cc1. The molecule has 2 aromatic carbocycles. The topological polar surface area (TPSA) is 47.6 Å². The van der Waals surface area contributed by atoms with Crippen molar-refractivity contribution in [2.75, 3.05) is 26.7 Å². The van der Waals surface area contributed by atoms with E-state index in [-0.39, 0.29) is 5.76 Å². The Morgan fingerprint density at radius 3 is 2.52 bits per heavy atom. The van der Waals surface area contributed by atoms with Gasteiger partial charge >= 0.3 is 5.76 Å². The number of para-hydroxylation sites is 2. The van der Waals surface area contributed by atoms with Crippen LogP contribution in [-0.4, -0.2) is 36.2 Å². The molecule has 3 aromatic rings. The van der Waals surface area contributed by atoms with Gasteiger partial charge in [0.15, 0.2) is 5.58 Å². The number of aromatic nitrogens is 1. The maximum atomic E-state index is 12.1. The number of piperidine rings is 1. The number of ether oxygens (including phenoxy) is 1. The second-order valence-electron chi connectivity index (χ2n) is 7.32. The Labute approximate surface area is 159 Å². The minimum absolute atomic E-state index is 0.259. The van der Waals surface area contributed by atoms with Crippen LogP contribution in [0.2, 0.25) is 0 Å². The summed E-state index contributed by atoms with van der Waals surface area (Å²) in [6.45, 7) is 3.74. The molecule has 0 aliphatic carbocycles. The normalized spacial score (nSPS) is 16.0. The van der Waals surface area contributed by atoms with E-state index in [2.05, 4.69) is 17.0 Å². The van der Waals surface area contributed by atoms with E-state index in [1.54, 1.807) is 11.7 Å². The highest BCUT2D eigenvalue weighted by Gasteiger charge is 2.20. The lowest BCUT2D eigenvalue weighted by Gasteiger charge is -2.32. The third kappa shape index (κ3) is 4.08. The molecular weight excluding hydrogens is 340 g/mol. The van der Waals surface area contributed by atoms with Crippen molar-refractivity contribution in [1.82, 2.24) is 9.47 Å². The van der Waals surface area contributed by atoms with Crippen LogP contribution in [0, 0.1) is 5.92 Å². The number of likely N-dealkylation sites (tertiary alicyclic amines) is 1. The summed E-state index contributed by atoms with van der Waals surface area (Å²) in [6, 6.07) is 16.0. The van der Waals surface area contributed by atoms with Gasteiger partial charge in [-0.1, -0.05) is 24.3 Å². The number of fused-ring (bicyclic) bond motifs is 1. The molecule has 1 aliphatic rings. The van der Waals surface area contributed by atoms with E-state index in [1.165, 1.54) is 18.4 Å². The lowest BCUT2D eigenvalue weighted by Crippen LogP contribution is -2.37. The maximum absolute atomic E-state index is 12.1. The smallest absolute Gasteiger partial charge is 0.419 e.